The third-order valence-corrected chi connectivity index (χ3v) is 4.99. The van der Waals surface area contributed by atoms with Crippen molar-refractivity contribution in [2.24, 2.45) is 0 Å². The molecule has 0 saturated heterocycles. The first kappa shape index (κ1) is 14.3. The lowest BCUT2D eigenvalue weighted by molar-refractivity contribution is 0.0735. The molecule has 104 valence electrons. The molecule has 2 unspecified atom stereocenters. The second kappa shape index (κ2) is 6.33. The van der Waals surface area contributed by atoms with E-state index >= 15 is 0 Å². The minimum atomic E-state index is 0.0828. The SMILES string of the molecule is CCSC1CCC(N(C)C(=O)c2cccc(N)c2)C1. The molecule has 0 spiro atoms. The number of rotatable bonds is 4. The van der Waals surface area contributed by atoms with Crippen LogP contribution in [0.4, 0.5) is 5.69 Å². The zero-order valence-electron chi connectivity index (χ0n) is 11.6. The molecule has 0 radical (unpaired) electrons. The molecule has 1 amide bonds. The number of nitrogen functional groups attached to an aromatic ring is 1. The molecular formula is C15H22N2OS. The van der Waals surface area contributed by atoms with E-state index in [9.17, 15) is 4.79 Å². The normalized spacial score (nSPS) is 22.4. The summed E-state index contributed by atoms with van der Waals surface area (Å²) >= 11 is 2.01. The Bertz CT molecular complexity index is 450. The largest absolute Gasteiger partial charge is 0.399 e. The highest BCUT2D eigenvalue weighted by Gasteiger charge is 2.30. The van der Waals surface area contributed by atoms with E-state index in [2.05, 4.69) is 6.92 Å². The molecule has 3 nitrogen and oxygen atoms in total. The Kier molecular flexibility index (Phi) is 4.75. The molecule has 1 aromatic carbocycles. The molecule has 0 heterocycles. The van der Waals surface area contributed by atoms with Crippen LogP contribution in [0.1, 0.15) is 36.5 Å². The van der Waals surface area contributed by atoms with Gasteiger partial charge in [-0.25, -0.2) is 0 Å². The fourth-order valence-corrected chi connectivity index (χ4v) is 3.83. The highest BCUT2D eigenvalue weighted by molar-refractivity contribution is 7.99. The van der Waals surface area contributed by atoms with Crippen LogP contribution in [0.15, 0.2) is 24.3 Å². The molecule has 1 saturated carbocycles. The number of nitrogens with two attached hydrogens (primary N) is 1. The van der Waals surface area contributed by atoms with E-state index in [0.717, 1.165) is 18.6 Å². The highest BCUT2D eigenvalue weighted by atomic mass is 32.2. The summed E-state index contributed by atoms with van der Waals surface area (Å²) in [7, 11) is 1.91. The second-order valence-corrected chi connectivity index (χ2v) is 6.66. The van der Waals surface area contributed by atoms with Crippen molar-refractivity contribution in [2.45, 2.75) is 37.5 Å². The van der Waals surface area contributed by atoms with E-state index in [1.54, 1.807) is 12.1 Å². The standard InChI is InChI=1S/C15H22N2OS/c1-3-19-14-8-7-13(10-14)17(2)15(18)11-5-4-6-12(16)9-11/h4-6,9,13-14H,3,7-8,10,16H2,1-2H3. The quantitative estimate of drug-likeness (QED) is 0.861. The number of carbonyl (C=O) groups excluding carboxylic acids is 1. The Morgan fingerprint density at radius 3 is 2.95 bits per heavy atom. The van der Waals surface area contributed by atoms with Gasteiger partial charge in [-0.2, -0.15) is 11.8 Å². The smallest absolute Gasteiger partial charge is 0.253 e. The first-order chi connectivity index (χ1) is 9.11. The Hall–Kier alpha value is -1.16. The summed E-state index contributed by atoms with van der Waals surface area (Å²) in [5.41, 5.74) is 7.07. The maximum Gasteiger partial charge on any atom is 0.253 e. The number of benzene rings is 1. The van der Waals surface area contributed by atoms with Crippen LogP contribution >= 0.6 is 11.8 Å². The fourth-order valence-electron chi connectivity index (χ4n) is 2.70. The molecule has 1 aliphatic rings. The van der Waals surface area contributed by atoms with Gasteiger partial charge in [-0.1, -0.05) is 13.0 Å². The number of nitrogens with zero attached hydrogens (tertiary/aromatic N) is 1. The Morgan fingerprint density at radius 1 is 1.47 bits per heavy atom. The van der Waals surface area contributed by atoms with Crippen LogP contribution in [0.5, 0.6) is 0 Å². The van der Waals surface area contributed by atoms with Gasteiger partial charge in [0.2, 0.25) is 0 Å². The molecule has 4 heteroatoms. The topological polar surface area (TPSA) is 46.3 Å². The van der Waals surface area contributed by atoms with Crippen LogP contribution < -0.4 is 5.73 Å². The van der Waals surface area contributed by atoms with Gasteiger partial charge in [0, 0.05) is 29.6 Å². The number of thioether (sulfide) groups is 1. The van der Waals surface area contributed by atoms with Gasteiger partial charge < -0.3 is 10.6 Å². The number of amides is 1. The molecule has 0 bridgehead atoms. The van der Waals surface area contributed by atoms with Gasteiger partial charge in [-0.15, -0.1) is 0 Å². The Morgan fingerprint density at radius 2 is 2.26 bits per heavy atom. The maximum atomic E-state index is 12.4. The number of carbonyl (C=O) groups is 1. The minimum absolute atomic E-state index is 0.0828. The van der Waals surface area contributed by atoms with Gasteiger partial charge in [0.25, 0.3) is 5.91 Å². The average Bonchev–Trinajstić information content (AvgIpc) is 2.86. The van der Waals surface area contributed by atoms with Gasteiger partial charge in [0.15, 0.2) is 0 Å². The van der Waals surface area contributed by atoms with Crippen LogP contribution in [0.25, 0.3) is 0 Å². The van der Waals surface area contributed by atoms with Crippen LogP contribution in [-0.4, -0.2) is 34.9 Å². The van der Waals surface area contributed by atoms with Crippen molar-refractivity contribution in [3.8, 4) is 0 Å². The Balaban J connectivity index is 2.00. The number of hydrogen-bond donors (Lipinski definition) is 1. The summed E-state index contributed by atoms with van der Waals surface area (Å²) in [5, 5.41) is 0.714. The van der Waals surface area contributed by atoms with Crippen molar-refractivity contribution in [3.63, 3.8) is 0 Å². The average molecular weight is 278 g/mol. The van der Waals surface area contributed by atoms with Crippen LogP contribution in [0.2, 0.25) is 0 Å². The zero-order valence-corrected chi connectivity index (χ0v) is 12.5. The molecule has 2 N–H and O–H groups in total. The summed E-state index contributed by atoms with van der Waals surface area (Å²) in [4.78, 5) is 14.3. The second-order valence-electron chi connectivity index (χ2n) is 5.09. The summed E-state index contributed by atoms with van der Waals surface area (Å²) in [6.45, 7) is 2.19. The molecule has 19 heavy (non-hydrogen) atoms. The molecule has 1 aromatic rings. The zero-order chi connectivity index (χ0) is 13.8. The number of anilines is 1. The van der Waals surface area contributed by atoms with Crippen molar-refractivity contribution < 1.29 is 4.79 Å². The predicted octanol–water partition coefficient (Wildman–Crippen LogP) is 3.02. The summed E-state index contributed by atoms with van der Waals surface area (Å²) in [6.07, 6.45) is 3.45. The van der Waals surface area contributed by atoms with Crippen molar-refractivity contribution in [2.75, 3.05) is 18.5 Å². The first-order valence-corrected chi connectivity index (χ1v) is 7.91. The molecule has 1 aliphatic carbocycles. The molecule has 2 rings (SSSR count). The van der Waals surface area contributed by atoms with E-state index in [0.29, 0.717) is 22.5 Å². The maximum absolute atomic E-state index is 12.4. The lowest BCUT2D eigenvalue weighted by atomic mass is 10.1. The minimum Gasteiger partial charge on any atom is -0.399 e. The van der Waals surface area contributed by atoms with Gasteiger partial charge in [-0.05, 0) is 43.2 Å². The van der Waals surface area contributed by atoms with Crippen molar-refractivity contribution in [3.05, 3.63) is 29.8 Å². The lowest BCUT2D eigenvalue weighted by Crippen LogP contribution is -2.35. The van der Waals surface area contributed by atoms with E-state index < -0.39 is 0 Å². The molecule has 0 aromatic heterocycles. The first-order valence-electron chi connectivity index (χ1n) is 6.86. The lowest BCUT2D eigenvalue weighted by Gasteiger charge is -2.25. The van der Waals surface area contributed by atoms with Gasteiger partial charge in [0.05, 0.1) is 0 Å². The molecule has 0 aliphatic heterocycles. The van der Waals surface area contributed by atoms with Gasteiger partial charge >= 0.3 is 0 Å². The monoisotopic (exact) mass is 278 g/mol. The number of hydrogen-bond acceptors (Lipinski definition) is 3. The van der Waals surface area contributed by atoms with Crippen LogP contribution in [-0.2, 0) is 0 Å². The predicted molar refractivity (Wildman–Crippen MR) is 82.5 cm³/mol. The fraction of sp³-hybridized carbons (Fsp3) is 0.533. The van der Waals surface area contributed by atoms with Gasteiger partial charge in [-0.3, -0.25) is 4.79 Å². The van der Waals surface area contributed by atoms with Crippen molar-refractivity contribution in [1.82, 2.24) is 4.90 Å². The van der Waals surface area contributed by atoms with E-state index in [1.165, 1.54) is 6.42 Å². The van der Waals surface area contributed by atoms with Crippen molar-refractivity contribution in [1.29, 1.82) is 0 Å². The van der Waals surface area contributed by atoms with E-state index in [1.807, 2.05) is 35.8 Å². The summed E-state index contributed by atoms with van der Waals surface area (Å²) in [6, 6.07) is 7.60. The Labute approximate surface area is 119 Å². The van der Waals surface area contributed by atoms with Crippen LogP contribution in [0.3, 0.4) is 0 Å². The summed E-state index contributed by atoms with van der Waals surface area (Å²) < 4.78 is 0. The molecular weight excluding hydrogens is 256 g/mol. The highest BCUT2D eigenvalue weighted by Crippen LogP contribution is 2.32. The van der Waals surface area contributed by atoms with Crippen LogP contribution in [0, 0.1) is 0 Å². The van der Waals surface area contributed by atoms with Crippen molar-refractivity contribution >= 4 is 23.4 Å². The van der Waals surface area contributed by atoms with E-state index in [4.69, 9.17) is 5.73 Å². The molecule has 1 fully saturated rings. The van der Waals surface area contributed by atoms with Gasteiger partial charge in [0.1, 0.15) is 0 Å². The summed E-state index contributed by atoms with van der Waals surface area (Å²) in [5.74, 6) is 1.24. The molecule has 2 atom stereocenters. The third-order valence-electron chi connectivity index (χ3n) is 3.76. The van der Waals surface area contributed by atoms with E-state index in [-0.39, 0.29) is 5.91 Å². The third kappa shape index (κ3) is 3.44.